The number of nitrogens with one attached hydrogen (secondary N) is 2. The van der Waals surface area contributed by atoms with Gasteiger partial charge in [-0.05, 0) is 31.9 Å². The minimum absolute atomic E-state index is 0.0517. The Kier molecular flexibility index (Phi) is 8.78. The van der Waals surface area contributed by atoms with Crippen LogP contribution in [0.5, 0.6) is 11.5 Å². The minimum atomic E-state index is -0.392. The number of methoxy groups -OCH3 is 2. The standard InChI is InChI=1S/C21H31N3O4/c1-15(11-20(25)22-17-9-7-5-4-6-8-10-17)23-24-21(26)16-12-18(27-2)14-19(13-16)28-3/h12-14,17H,4-11H2,1-3H3,(H,22,25)(H,24,26). The third-order valence-electron chi connectivity index (χ3n) is 4.85. The summed E-state index contributed by atoms with van der Waals surface area (Å²) in [6, 6.07) is 5.14. The fourth-order valence-corrected chi connectivity index (χ4v) is 3.30. The molecule has 1 aromatic rings. The largest absolute Gasteiger partial charge is 0.497 e. The molecule has 0 radical (unpaired) electrons. The number of nitrogens with zero attached hydrogens (tertiary/aromatic N) is 1. The maximum Gasteiger partial charge on any atom is 0.271 e. The molecule has 2 N–H and O–H groups in total. The van der Waals surface area contributed by atoms with E-state index in [9.17, 15) is 9.59 Å². The van der Waals surface area contributed by atoms with Gasteiger partial charge in [0.2, 0.25) is 5.91 Å². The molecule has 7 heteroatoms. The van der Waals surface area contributed by atoms with E-state index in [1.165, 1.54) is 33.5 Å². The summed E-state index contributed by atoms with van der Waals surface area (Å²) in [4.78, 5) is 24.6. The lowest BCUT2D eigenvalue weighted by atomic mass is 9.96. The van der Waals surface area contributed by atoms with Crippen molar-refractivity contribution in [3.8, 4) is 11.5 Å². The Labute approximate surface area is 166 Å². The molecule has 0 heterocycles. The molecule has 0 bridgehead atoms. The molecule has 1 aliphatic rings. The summed E-state index contributed by atoms with van der Waals surface area (Å²) >= 11 is 0. The smallest absolute Gasteiger partial charge is 0.271 e. The first-order chi connectivity index (χ1) is 13.5. The number of hydrogen-bond acceptors (Lipinski definition) is 5. The van der Waals surface area contributed by atoms with E-state index in [0.717, 1.165) is 25.7 Å². The van der Waals surface area contributed by atoms with E-state index in [0.29, 0.717) is 22.8 Å². The van der Waals surface area contributed by atoms with E-state index in [1.54, 1.807) is 25.1 Å². The van der Waals surface area contributed by atoms with Gasteiger partial charge in [-0.15, -0.1) is 0 Å². The van der Waals surface area contributed by atoms with Crippen molar-refractivity contribution in [2.24, 2.45) is 5.10 Å². The first-order valence-corrected chi connectivity index (χ1v) is 9.87. The Balaban J connectivity index is 1.87. The normalized spacial score (nSPS) is 15.9. The molecule has 2 rings (SSSR count). The highest BCUT2D eigenvalue weighted by molar-refractivity contribution is 6.01. The van der Waals surface area contributed by atoms with Crippen LogP contribution in [-0.2, 0) is 4.79 Å². The van der Waals surface area contributed by atoms with E-state index in [1.807, 2.05) is 0 Å². The maximum atomic E-state index is 12.3. The van der Waals surface area contributed by atoms with Crippen molar-refractivity contribution in [3.63, 3.8) is 0 Å². The average Bonchev–Trinajstić information content (AvgIpc) is 2.67. The van der Waals surface area contributed by atoms with E-state index in [2.05, 4.69) is 15.8 Å². The third kappa shape index (κ3) is 7.21. The Morgan fingerprint density at radius 3 is 2.14 bits per heavy atom. The Bertz CT molecular complexity index is 673. The van der Waals surface area contributed by atoms with Gasteiger partial charge in [0.1, 0.15) is 11.5 Å². The van der Waals surface area contributed by atoms with Gasteiger partial charge in [0.15, 0.2) is 0 Å². The lowest BCUT2D eigenvalue weighted by Gasteiger charge is -2.21. The maximum absolute atomic E-state index is 12.3. The number of hydrogen-bond donors (Lipinski definition) is 2. The van der Waals surface area contributed by atoms with Crippen LogP contribution in [0.25, 0.3) is 0 Å². The van der Waals surface area contributed by atoms with Gasteiger partial charge in [0, 0.05) is 23.4 Å². The fourth-order valence-electron chi connectivity index (χ4n) is 3.30. The highest BCUT2D eigenvalue weighted by atomic mass is 16.5. The number of carbonyl (C=O) groups is 2. The number of rotatable bonds is 7. The summed E-state index contributed by atoms with van der Waals surface area (Å²) in [6.07, 6.45) is 8.36. The van der Waals surface area contributed by atoms with Crippen molar-refractivity contribution >= 4 is 17.5 Å². The van der Waals surface area contributed by atoms with Gasteiger partial charge < -0.3 is 14.8 Å². The van der Waals surface area contributed by atoms with Crippen molar-refractivity contribution < 1.29 is 19.1 Å². The number of benzene rings is 1. The molecule has 1 aromatic carbocycles. The zero-order chi connectivity index (χ0) is 20.4. The lowest BCUT2D eigenvalue weighted by molar-refractivity contribution is -0.120. The summed E-state index contributed by atoms with van der Waals surface area (Å²) in [5.41, 5.74) is 3.40. The van der Waals surface area contributed by atoms with Crippen LogP contribution in [-0.4, -0.2) is 37.8 Å². The van der Waals surface area contributed by atoms with Crippen molar-refractivity contribution in [2.45, 2.75) is 64.3 Å². The van der Waals surface area contributed by atoms with Crippen LogP contribution in [0.15, 0.2) is 23.3 Å². The minimum Gasteiger partial charge on any atom is -0.497 e. The molecule has 154 valence electrons. The highest BCUT2D eigenvalue weighted by Crippen LogP contribution is 2.22. The zero-order valence-electron chi connectivity index (χ0n) is 17.0. The molecule has 1 fully saturated rings. The monoisotopic (exact) mass is 389 g/mol. The van der Waals surface area contributed by atoms with Crippen LogP contribution in [0.2, 0.25) is 0 Å². The second kappa shape index (κ2) is 11.3. The lowest BCUT2D eigenvalue weighted by Crippen LogP contribution is -2.36. The molecular formula is C21H31N3O4. The first-order valence-electron chi connectivity index (χ1n) is 9.87. The number of hydrazone groups is 1. The molecule has 0 spiro atoms. The van der Waals surface area contributed by atoms with Gasteiger partial charge in [-0.2, -0.15) is 5.10 Å². The van der Waals surface area contributed by atoms with E-state index in [-0.39, 0.29) is 18.4 Å². The van der Waals surface area contributed by atoms with Crippen molar-refractivity contribution in [1.29, 1.82) is 0 Å². The van der Waals surface area contributed by atoms with E-state index >= 15 is 0 Å². The summed E-state index contributed by atoms with van der Waals surface area (Å²) in [5.74, 6) is 0.591. The summed E-state index contributed by atoms with van der Waals surface area (Å²) in [6.45, 7) is 1.73. The second-order valence-corrected chi connectivity index (χ2v) is 7.18. The SMILES string of the molecule is COc1cc(OC)cc(C(=O)NN=C(C)CC(=O)NC2CCCCCCC2)c1. The molecule has 7 nitrogen and oxygen atoms in total. The van der Waals surface area contributed by atoms with Crippen LogP contribution in [0, 0.1) is 0 Å². The summed E-state index contributed by atoms with van der Waals surface area (Å²) in [5, 5.41) is 7.15. The first kappa shape index (κ1) is 21.7. The second-order valence-electron chi connectivity index (χ2n) is 7.18. The molecule has 0 aromatic heterocycles. The summed E-state index contributed by atoms with van der Waals surface area (Å²) < 4.78 is 10.3. The van der Waals surface area contributed by atoms with Gasteiger partial charge in [0.25, 0.3) is 5.91 Å². The van der Waals surface area contributed by atoms with Gasteiger partial charge in [-0.1, -0.05) is 32.1 Å². The van der Waals surface area contributed by atoms with E-state index < -0.39 is 5.91 Å². The third-order valence-corrected chi connectivity index (χ3v) is 4.85. The topological polar surface area (TPSA) is 89.0 Å². The zero-order valence-corrected chi connectivity index (χ0v) is 17.0. The van der Waals surface area contributed by atoms with Crippen molar-refractivity contribution in [1.82, 2.24) is 10.7 Å². The number of carbonyl (C=O) groups excluding carboxylic acids is 2. The van der Waals surface area contributed by atoms with Crippen molar-refractivity contribution in [3.05, 3.63) is 23.8 Å². The van der Waals surface area contributed by atoms with Gasteiger partial charge in [-0.3, -0.25) is 9.59 Å². The van der Waals surface area contributed by atoms with Crippen LogP contribution in [0.3, 0.4) is 0 Å². The highest BCUT2D eigenvalue weighted by Gasteiger charge is 2.15. The average molecular weight is 389 g/mol. The van der Waals surface area contributed by atoms with Crippen LogP contribution in [0.1, 0.15) is 68.6 Å². The molecule has 1 saturated carbocycles. The summed E-state index contributed by atoms with van der Waals surface area (Å²) in [7, 11) is 3.04. The van der Waals surface area contributed by atoms with Crippen LogP contribution >= 0.6 is 0 Å². The van der Waals surface area contributed by atoms with Gasteiger partial charge >= 0.3 is 0 Å². The number of ether oxygens (including phenoxy) is 2. The molecular weight excluding hydrogens is 358 g/mol. The quantitative estimate of drug-likeness (QED) is 0.552. The van der Waals surface area contributed by atoms with Gasteiger partial charge in [0.05, 0.1) is 20.6 Å². The molecule has 1 aliphatic carbocycles. The Morgan fingerprint density at radius 2 is 1.57 bits per heavy atom. The molecule has 0 atom stereocenters. The molecule has 0 aliphatic heterocycles. The molecule has 0 saturated heterocycles. The Hall–Kier alpha value is -2.57. The van der Waals surface area contributed by atoms with Crippen molar-refractivity contribution in [2.75, 3.05) is 14.2 Å². The predicted octanol–water partition coefficient (Wildman–Crippen LogP) is 3.43. The fraction of sp³-hybridized carbons (Fsp3) is 0.571. The molecule has 28 heavy (non-hydrogen) atoms. The van der Waals surface area contributed by atoms with Gasteiger partial charge in [-0.25, -0.2) is 5.43 Å². The van der Waals surface area contributed by atoms with Crippen LogP contribution < -0.4 is 20.2 Å². The molecule has 0 unspecified atom stereocenters. The number of amides is 2. The predicted molar refractivity (Wildman–Crippen MR) is 109 cm³/mol. The van der Waals surface area contributed by atoms with E-state index in [4.69, 9.17) is 9.47 Å². The van der Waals surface area contributed by atoms with Crippen LogP contribution in [0.4, 0.5) is 0 Å². The Morgan fingerprint density at radius 1 is 1.00 bits per heavy atom. The molecule has 2 amide bonds.